The second-order valence-electron chi connectivity index (χ2n) is 6.44. The third kappa shape index (κ3) is 3.60. The molecule has 0 spiro atoms. The molecule has 0 radical (unpaired) electrons. The summed E-state index contributed by atoms with van der Waals surface area (Å²) in [7, 11) is 1.62. The third-order valence-corrected chi connectivity index (χ3v) is 4.61. The Kier molecular flexibility index (Phi) is 5.07. The lowest BCUT2D eigenvalue weighted by molar-refractivity contribution is 0.414. The van der Waals surface area contributed by atoms with Crippen LogP contribution in [0.2, 0.25) is 0 Å². The van der Waals surface area contributed by atoms with Crippen LogP contribution in [0.1, 0.15) is 12.5 Å². The number of nitrogens with one attached hydrogen (secondary N) is 1. The van der Waals surface area contributed by atoms with Gasteiger partial charge in [0.1, 0.15) is 5.75 Å². The number of hydrogen-bond donors (Lipinski definition) is 1. The number of ether oxygens (including phenoxy) is 1. The van der Waals surface area contributed by atoms with Crippen molar-refractivity contribution in [3.63, 3.8) is 0 Å². The summed E-state index contributed by atoms with van der Waals surface area (Å²) in [6, 6.07) is 24.3. The Hall–Kier alpha value is -3.93. The van der Waals surface area contributed by atoms with E-state index in [0.29, 0.717) is 28.3 Å². The molecule has 6 nitrogen and oxygen atoms in total. The lowest BCUT2D eigenvalue weighted by Gasteiger charge is -2.13. The predicted octanol–water partition coefficient (Wildman–Crippen LogP) is 4.23. The Morgan fingerprint density at radius 3 is 2.45 bits per heavy atom. The Balaban J connectivity index is 1.84. The van der Waals surface area contributed by atoms with Gasteiger partial charge in [-0.3, -0.25) is 4.79 Å². The summed E-state index contributed by atoms with van der Waals surface area (Å²) in [5, 5.41) is 5.02. The highest BCUT2D eigenvalue weighted by Crippen LogP contribution is 2.19. The van der Waals surface area contributed by atoms with E-state index in [4.69, 9.17) is 4.74 Å². The van der Waals surface area contributed by atoms with Gasteiger partial charge < -0.3 is 4.74 Å². The van der Waals surface area contributed by atoms with Crippen molar-refractivity contribution in [2.45, 2.75) is 6.92 Å². The van der Waals surface area contributed by atoms with Gasteiger partial charge in [0.25, 0.3) is 5.56 Å². The summed E-state index contributed by atoms with van der Waals surface area (Å²) < 4.78 is 6.94. The minimum atomic E-state index is -0.158. The number of fused-ring (bicyclic) bond motifs is 1. The fourth-order valence-electron chi connectivity index (χ4n) is 3.16. The van der Waals surface area contributed by atoms with E-state index < -0.39 is 0 Å². The van der Waals surface area contributed by atoms with Gasteiger partial charge in [-0.25, -0.2) is 15.0 Å². The van der Waals surface area contributed by atoms with Gasteiger partial charge in [-0.1, -0.05) is 42.5 Å². The van der Waals surface area contributed by atoms with Gasteiger partial charge in [-0.05, 0) is 43.3 Å². The summed E-state index contributed by atoms with van der Waals surface area (Å²) in [5.74, 6) is 1.07. The van der Waals surface area contributed by atoms with Crippen molar-refractivity contribution >= 4 is 22.6 Å². The van der Waals surface area contributed by atoms with E-state index in [-0.39, 0.29) is 5.56 Å². The number of anilines is 1. The van der Waals surface area contributed by atoms with Crippen molar-refractivity contribution in [1.29, 1.82) is 0 Å². The minimum Gasteiger partial charge on any atom is -0.496 e. The highest BCUT2D eigenvalue weighted by molar-refractivity contribution is 6.01. The summed E-state index contributed by atoms with van der Waals surface area (Å²) in [6.07, 6.45) is 0. The molecule has 1 aromatic heterocycles. The smallest absolute Gasteiger partial charge is 0.267 e. The molecule has 1 heterocycles. The molecular formula is C23H20N4O2. The zero-order chi connectivity index (χ0) is 20.2. The fraction of sp³-hybridized carbons (Fsp3) is 0.0870. The van der Waals surface area contributed by atoms with Crippen molar-refractivity contribution in [3.05, 3.63) is 94.8 Å². The first kappa shape index (κ1) is 18.4. The Morgan fingerprint density at radius 1 is 0.966 bits per heavy atom. The lowest BCUT2D eigenvalue weighted by atomic mass is 10.1. The number of hydrazone groups is 1. The van der Waals surface area contributed by atoms with Crippen LogP contribution in [0.5, 0.6) is 5.75 Å². The zero-order valence-corrected chi connectivity index (χ0v) is 16.2. The fourth-order valence-corrected chi connectivity index (χ4v) is 3.16. The van der Waals surface area contributed by atoms with Crippen LogP contribution in [0.4, 0.5) is 5.95 Å². The van der Waals surface area contributed by atoms with Crippen LogP contribution in [0.25, 0.3) is 16.6 Å². The number of benzene rings is 3. The molecule has 144 valence electrons. The summed E-state index contributed by atoms with van der Waals surface area (Å²) in [4.78, 5) is 17.8. The molecule has 0 aliphatic rings. The van der Waals surface area contributed by atoms with E-state index in [2.05, 4.69) is 15.5 Å². The maximum absolute atomic E-state index is 13.2. The first-order valence-electron chi connectivity index (χ1n) is 9.20. The average molecular weight is 384 g/mol. The van der Waals surface area contributed by atoms with Crippen LogP contribution >= 0.6 is 0 Å². The molecule has 0 saturated heterocycles. The van der Waals surface area contributed by atoms with E-state index in [1.165, 1.54) is 4.57 Å². The Morgan fingerprint density at radius 2 is 1.66 bits per heavy atom. The average Bonchev–Trinajstić information content (AvgIpc) is 2.78. The summed E-state index contributed by atoms with van der Waals surface area (Å²) >= 11 is 0. The number of nitrogens with zero attached hydrogens (tertiary/aromatic N) is 3. The molecule has 0 atom stereocenters. The van der Waals surface area contributed by atoms with E-state index >= 15 is 0 Å². The molecule has 29 heavy (non-hydrogen) atoms. The van der Waals surface area contributed by atoms with Crippen LogP contribution in [-0.2, 0) is 0 Å². The molecule has 0 aliphatic heterocycles. The lowest BCUT2D eigenvalue weighted by Crippen LogP contribution is -2.23. The Labute approximate surface area is 168 Å². The standard InChI is InChI=1S/C23H20N4O2/c1-16(18-12-7-9-15-21(18)29-2)25-26-23-24-20-14-8-6-13-19(20)22(28)27(23)17-10-4-3-5-11-17/h3-15H,1-2H3,(H,24,26)/b25-16+. The largest absolute Gasteiger partial charge is 0.496 e. The number of methoxy groups -OCH3 is 1. The van der Waals surface area contributed by atoms with E-state index in [1.54, 1.807) is 13.2 Å². The maximum Gasteiger partial charge on any atom is 0.267 e. The maximum atomic E-state index is 13.2. The molecule has 0 bridgehead atoms. The van der Waals surface area contributed by atoms with Crippen molar-refractivity contribution < 1.29 is 4.74 Å². The second-order valence-corrected chi connectivity index (χ2v) is 6.44. The number of hydrogen-bond acceptors (Lipinski definition) is 5. The van der Waals surface area contributed by atoms with E-state index in [1.807, 2.05) is 79.7 Å². The molecule has 3 aromatic carbocycles. The predicted molar refractivity (Wildman–Crippen MR) is 116 cm³/mol. The monoisotopic (exact) mass is 384 g/mol. The number of aromatic nitrogens is 2. The molecule has 0 saturated carbocycles. The van der Waals surface area contributed by atoms with Crippen LogP contribution in [0.3, 0.4) is 0 Å². The highest BCUT2D eigenvalue weighted by atomic mass is 16.5. The second kappa shape index (κ2) is 7.98. The molecule has 0 fully saturated rings. The van der Waals surface area contributed by atoms with Gasteiger partial charge in [-0.2, -0.15) is 5.10 Å². The molecule has 4 rings (SSSR count). The van der Waals surface area contributed by atoms with E-state index in [9.17, 15) is 4.79 Å². The van der Waals surface area contributed by atoms with Crippen molar-refractivity contribution in [3.8, 4) is 11.4 Å². The van der Waals surface area contributed by atoms with Gasteiger partial charge >= 0.3 is 0 Å². The van der Waals surface area contributed by atoms with Crippen molar-refractivity contribution in [2.75, 3.05) is 12.5 Å². The first-order valence-corrected chi connectivity index (χ1v) is 9.20. The topological polar surface area (TPSA) is 68.5 Å². The minimum absolute atomic E-state index is 0.158. The van der Waals surface area contributed by atoms with Gasteiger partial charge in [0, 0.05) is 5.56 Å². The quantitative estimate of drug-likeness (QED) is 0.413. The van der Waals surface area contributed by atoms with Crippen LogP contribution in [0.15, 0.2) is 88.8 Å². The molecule has 0 unspecified atom stereocenters. The van der Waals surface area contributed by atoms with Gasteiger partial charge in [0.2, 0.25) is 5.95 Å². The summed E-state index contributed by atoms with van der Waals surface area (Å²) in [6.45, 7) is 1.87. The highest BCUT2D eigenvalue weighted by Gasteiger charge is 2.13. The van der Waals surface area contributed by atoms with Crippen LogP contribution < -0.4 is 15.7 Å². The zero-order valence-electron chi connectivity index (χ0n) is 16.2. The summed E-state index contributed by atoms with van der Waals surface area (Å²) in [5.41, 5.74) is 5.71. The third-order valence-electron chi connectivity index (χ3n) is 4.61. The SMILES string of the molecule is COc1ccccc1/C(C)=N/Nc1nc2ccccc2c(=O)n1-c1ccccc1. The Bertz CT molecular complexity index is 1250. The molecule has 0 amide bonds. The van der Waals surface area contributed by atoms with E-state index in [0.717, 1.165) is 11.3 Å². The van der Waals surface area contributed by atoms with Gasteiger partial charge in [0.15, 0.2) is 0 Å². The molecule has 1 N–H and O–H groups in total. The van der Waals surface area contributed by atoms with Crippen LogP contribution in [-0.4, -0.2) is 22.4 Å². The normalized spacial score (nSPS) is 11.4. The van der Waals surface area contributed by atoms with Gasteiger partial charge in [-0.15, -0.1) is 0 Å². The first-order chi connectivity index (χ1) is 14.2. The van der Waals surface area contributed by atoms with Gasteiger partial charge in [0.05, 0.1) is 29.4 Å². The number of rotatable bonds is 5. The van der Waals surface area contributed by atoms with Crippen molar-refractivity contribution in [1.82, 2.24) is 9.55 Å². The molecule has 4 aromatic rings. The molecular weight excluding hydrogens is 364 g/mol. The molecule has 6 heteroatoms. The van der Waals surface area contributed by atoms with Crippen molar-refractivity contribution in [2.24, 2.45) is 5.10 Å². The molecule has 0 aliphatic carbocycles. The van der Waals surface area contributed by atoms with Crippen LogP contribution in [0, 0.1) is 0 Å². The number of para-hydroxylation sites is 3.